The van der Waals surface area contributed by atoms with Crippen LogP contribution in [-0.2, 0) is 9.59 Å². The van der Waals surface area contributed by atoms with Gasteiger partial charge in [0.1, 0.15) is 0 Å². The molecule has 0 unspecified atom stereocenters. The highest BCUT2D eigenvalue weighted by molar-refractivity contribution is 9.10. The number of carbonyl (C=O) groups is 2. The van der Waals surface area contributed by atoms with E-state index in [0.717, 1.165) is 20.1 Å². The third-order valence-electron chi connectivity index (χ3n) is 3.91. The molecule has 0 aliphatic carbocycles. The molecule has 0 fully saturated rings. The summed E-state index contributed by atoms with van der Waals surface area (Å²) in [6.45, 7) is 0. The predicted octanol–water partition coefficient (Wildman–Crippen LogP) is 3.59. The first kappa shape index (κ1) is 15.4. The molecule has 6 heteroatoms. The molecule has 4 rings (SSSR count). The normalized spacial score (nSPS) is 16.4. The maximum absolute atomic E-state index is 12.5. The smallest absolute Gasteiger partial charge is 0.258 e. The molecule has 4 nitrogen and oxygen atoms in total. The van der Waals surface area contributed by atoms with Gasteiger partial charge in [0.15, 0.2) is 0 Å². The van der Waals surface area contributed by atoms with Crippen LogP contribution in [0.15, 0.2) is 68.6 Å². The van der Waals surface area contributed by atoms with Gasteiger partial charge in [-0.1, -0.05) is 56.1 Å². The van der Waals surface area contributed by atoms with E-state index in [2.05, 4.69) is 42.5 Å². The summed E-state index contributed by atoms with van der Waals surface area (Å²) >= 11 is 6.83. The van der Waals surface area contributed by atoms with E-state index in [4.69, 9.17) is 0 Å². The SMILES string of the molecule is O=C1NC(c2cccc(Br)c2)=C2C(=O)NC(c3cccc(Br)c3)=C12. The van der Waals surface area contributed by atoms with E-state index in [1.165, 1.54) is 0 Å². The van der Waals surface area contributed by atoms with Crippen molar-refractivity contribution in [3.63, 3.8) is 0 Å². The molecule has 2 aliphatic rings. The number of fused-ring (bicyclic) bond motifs is 1. The van der Waals surface area contributed by atoms with Crippen LogP contribution >= 0.6 is 31.9 Å². The van der Waals surface area contributed by atoms with E-state index in [0.29, 0.717) is 22.5 Å². The number of hydrogen-bond acceptors (Lipinski definition) is 2. The predicted molar refractivity (Wildman–Crippen MR) is 98.4 cm³/mol. The Bertz CT molecular complexity index is 897. The summed E-state index contributed by atoms with van der Waals surface area (Å²) in [5.41, 5.74) is 3.44. The molecule has 2 aliphatic heterocycles. The minimum absolute atomic E-state index is 0.270. The lowest BCUT2D eigenvalue weighted by atomic mass is 10.0. The lowest BCUT2D eigenvalue weighted by Crippen LogP contribution is -2.21. The molecule has 0 saturated carbocycles. The van der Waals surface area contributed by atoms with Crippen LogP contribution in [0.1, 0.15) is 11.1 Å². The zero-order valence-electron chi connectivity index (χ0n) is 12.2. The van der Waals surface area contributed by atoms with E-state index < -0.39 is 0 Å². The molecule has 0 bridgehead atoms. The first-order valence-electron chi connectivity index (χ1n) is 7.18. The lowest BCUT2D eigenvalue weighted by Gasteiger charge is -2.07. The van der Waals surface area contributed by atoms with Gasteiger partial charge in [0.25, 0.3) is 11.8 Å². The summed E-state index contributed by atoms with van der Waals surface area (Å²) in [6, 6.07) is 15.0. The van der Waals surface area contributed by atoms with Gasteiger partial charge in [0, 0.05) is 8.95 Å². The average Bonchev–Trinajstić information content (AvgIpc) is 3.07. The zero-order valence-corrected chi connectivity index (χ0v) is 15.4. The van der Waals surface area contributed by atoms with Crippen LogP contribution in [0, 0.1) is 0 Å². The fraction of sp³-hybridized carbons (Fsp3) is 0. The maximum atomic E-state index is 12.5. The minimum Gasteiger partial charge on any atom is -0.321 e. The molecule has 118 valence electrons. The van der Waals surface area contributed by atoms with Crippen LogP contribution in [0.3, 0.4) is 0 Å². The molecule has 24 heavy (non-hydrogen) atoms. The van der Waals surface area contributed by atoms with Gasteiger partial charge in [-0.3, -0.25) is 9.59 Å². The Kier molecular flexibility index (Phi) is 3.66. The second-order valence-electron chi connectivity index (χ2n) is 5.43. The van der Waals surface area contributed by atoms with Gasteiger partial charge < -0.3 is 10.6 Å². The van der Waals surface area contributed by atoms with Crippen molar-refractivity contribution in [3.8, 4) is 0 Å². The van der Waals surface area contributed by atoms with Crippen LogP contribution in [0.5, 0.6) is 0 Å². The van der Waals surface area contributed by atoms with Crippen LogP contribution in [0.2, 0.25) is 0 Å². The number of halogens is 2. The highest BCUT2D eigenvalue weighted by Crippen LogP contribution is 2.37. The molecule has 0 atom stereocenters. The fourth-order valence-electron chi connectivity index (χ4n) is 2.90. The summed E-state index contributed by atoms with van der Waals surface area (Å²) in [7, 11) is 0. The molecular weight excluding hydrogens is 436 g/mol. The highest BCUT2D eigenvalue weighted by atomic mass is 79.9. The molecule has 2 heterocycles. The van der Waals surface area contributed by atoms with Gasteiger partial charge in [0.2, 0.25) is 0 Å². The summed E-state index contributed by atoms with van der Waals surface area (Å²) < 4.78 is 1.76. The third-order valence-corrected chi connectivity index (χ3v) is 4.89. The molecule has 2 aromatic rings. The maximum Gasteiger partial charge on any atom is 0.258 e. The molecule has 0 radical (unpaired) electrons. The molecule has 2 amide bonds. The van der Waals surface area contributed by atoms with Crippen molar-refractivity contribution in [3.05, 3.63) is 79.7 Å². The topological polar surface area (TPSA) is 58.2 Å². The second kappa shape index (κ2) is 5.72. The molecular formula is C18H10Br2N2O2. The molecule has 0 aromatic heterocycles. The van der Waals surface area contributed by atoms with Crippen LogP contribution in [0.25, 0.3) is 11.4 Å². The Morgan fingerprint density at radius 3 is 1.46 bits per heavy atom. The Hall–Kier alpha value is -2.18. The Morgan fingerprint density at radius 1 is 0.667 bits per heavy atom. The van der Waals surface area contributed by atoms with Crippen molar-refractivity contribution in [1.29, 1.82) is 0 Å². The van der Waals surface area contributed by atoms with Gasteiger partial charge in [0.05, 0.1) is 22.5 Å². The fourth-order valence-corrected chi connectivity index (χ4v) is 3.70. The number of amides is 2. The van der Waals surface area contributed by atoms with Crippen LogP contribution in [0.4, 0.5) is 0 Å². The van der Waals surface area contributed by atoms with Crippen molar-refractivity contribution < 1.29 is 9.59 Å². The van der Waals surface area contributed by atoms with Gasteiger partial charge in [-0.25, -0.2) is 0 Å². The van der Waals surface area contributed by atoms with Gasteiger partial charge in [-0.2, -0.15) is 0 Å². The van der Waals surface area contributed by atoms with Crippen molar-refractivity contribution in [2.45, 2.75) is 0 Å². The standard InChI is InChI=1S/C18H10Br2N2O2/c19-11-5-1-3-9(7-11)15-13-14(18(24)21-15)16(22-17(13)23)10-4-2-6-12(20)8-10/h1-8H,(H,21,24)(H,22,23). The lowest BCUT2D eigenvalue weighted by molar-refractivity contribution is -0.117. The number of carbonyl (C=O) groups excluding carboxylic acids is 2. The quantitative estimate of drug-likeness (QED) is 0.742. The van der Waals surface area contributed by atoms with E-state index in [1.54, 1.807) is 0 Å². The van der Waals surface area contributed by atoms with Crippen molar-refractivity contribution in [2.24, 2.45) is 0 Å². The molecule has 0 saturated heterocycles. The number of rotatable bonds is 2. The van der Waals surface area contributed by atoms with Crippen molar-refractivity contribution in [2.75, 3.05) is 0 Å². The van der Waals surface area contributed by atoms with Crippen LogP contribution in [-0.4, -0.2) is 11.8 Å². The summed E-state index contributed by atoms with van der Waals surface area (Å²) in [4.78, 5) is 25.0. The van der Waals surface area contributed by atoms with Crippen molar-refractivity contribution >= 4 is 55.1 Å². The number of nitrogens with one attached hydrogen (secondary N) is 2. The van der Waals surface area contributed by atoms with E-state index in [-0.39, 0.29) is 11.8 Å². The molecule has 0 spiro atoms. The number of benzene rings is 2. The molecule has 2 aromatic carbocycles. The molecule has 2 N–H and O–H groups in total. The highest BCUT2D eigenvalue weighted by Gasteiger charge is 2.40. The van der Waals surface area contributed by atoms with Gasteiger partial charge in [-0.15, -0.1) is 0 Å². The monoisotopic (exact) mass is 444 g/mol. The Morgan fingerprint density at radius 2 is 1.08 bits per heavy atom. The second-order valence-corrected chi connectivity index (χ2v) is 7.26. The van der Waals surface area contributed by atoms with E-state index in [1.807, 2.05) is 48.5 Å². The largest absolute Gasteiger partial charge is 0.321 e. The summed E-state index contributed by atoms with van der Waals surface area (Å²) in [5.74, 6) is -0.540. The average molecular weight is 446 g/mol. The third kappa shape index (κ3) is 2.42. The van der Waals surface area contributed by atoms with Crippen molar-refractivity contribution in [1.82, 2.24) is 10.6 Å². The van der Waals surface area contributed by atoms with Gasteiger partial charge in [-0.05, 0) is 35.4 Å². The minimum atomic E-state index is -0.270. The van der Waals surface area contributed by atoms with Crippen LogP contribution < -0.4 is 10.6 Å². The zero-order chi connectivity index (χ0) is 16.8. The van der Waals surface area contributed by atoms with E-state index >= 15 is 0 Å². The summed E-state index contributed by atoms with van der Waals surface area (Å²) in [5, 5.41) is 5.67. The first-order valence-corrected chi connectivity index (χ1v) is 8.76. The first-order chi connectivity index (χ1) is 11.5. The summed E-state index contributed by atoms with van der Waals surface area (Å²) in [6.07, 6.45) is 0. The van der Waals surface area contributed by atoms with Gasteiger partial charge >= 0.3 is 0 Å². The number of hydrogen-bond donors (Lipinski definition) is 2. The van der Waals surface area contributed by atoms with E-state index in [9.17, 15) is 9.59 Å². The Balaban J connectivity index is 1.92. The Labute approximate surface area is 154 Å².